The quantitative estimate of drug-likeness (QED) is 0.720. The first-order valence-corrected chi connectivity index (χ1v) is 8.83. The minimum atomic E-state index is -0.634. The van der Waals surface area contributed by atoms with E-state index in [-0.39, 0.29) is 12.5 Å². The highest BCUT2D eigenvalue weighted by atomic mass is 16.5. The number of aromatic nitrogens is 2. The van der Waals surface area contributed by atoms with Gasteiger partial charge in [-0.2, -0.15) is 4.98 Å². The second kappa shape index (κ2) is 8.03. The average Bonchev–Trinajstić information content (AvgIpc) is 3.11. The highest BCUT2D eigenvalue weighted by Gasteiger charge is 2.17. The first-order valence-electron chi connectivity index (χ1n) is 8.83. The molecule has 1 heterocycles. The van der Waals surface area contributed by atoms with Crippen LogP contribution in [0.3, 0.4) is 0 Å². The number of aryl methyl sites for hydroxylation is 3. The predicted octanol–water partition coefficient (Wildman–Crippen LogP) is 3.75. The number of ether oxygens (including phenoxy) is 1. The van der Waals surface area contributed by atoms with Crippen molar-refractivity contribution >= 4 is 5.91 Å². The van der Waals surface area contributed by atoms with Crippen molar-refractivity contribution in [2.24, 2.45) is 0 Å². The van der Waals surface area contributed by atoms with Crippen LogP contribution in [0, 0.1) is 20.8 Å². The molecule has 1 aromatic heterocycles. The Labute approximate surface area is 158 Å². The lowest BCUT2D eigenvalue weighted by molar-refractivity contribution is -0.127. The zero-order valence-corrected chi connectivity index (χ0v) is 15.9. The Bertz CT molecular complexity index is 949. The van der Waals surface area contributed by atoms with Gasteiger partial charge >= 0.3 is 0 Å². The van der Waals surface area contributed by atoms with Crippen molar-refractivity contribution < 1.29 is 14.1 Å². The number of nitrogens with one attached hydrogen (secondary N) is 1. The Morgan fingerprint density at radius 3 is 2.67 bits per heavy atom. The summed E-state index contributed by atoms with van der Waals surface area (Å²) in [6.45, 7) is 7.83. The fourth-order valence-electron chi connectivity index (χ4n) is 2.71. The molecule has 3 aromatic rings. The summed E-state index contributed by atoms with van der Waals surface area (Å²) in [7, 11) is 0. The zero-order valence-electron chi connectivity index (χ0n) is 15.9. The van der Waals surface area contributed by atoms with Gasteiger partial charge in [-0.25, -0.2) is 0 Å². The van der Waals surface area contributed by atoms with E-state index in [0.29, 0.717) is 17.5 Å². The van der Waals surface area contributed by atoms with Crippen molar-refractivity contribution in [3.05, 3.63) is 65.0 Å². The van der Waals surface area contributed by atoms with Crippen molar-refractivity contribution in [1.82, 2.24) is 15.5 Å². The van der Waals surface area contributed by atoms with Gasteiger partial charge in [0.1, 0.15) is 5.75 Å². The summed E-state index contributed by atoms with van der Waals surface area (Å²) in [5, 5.41) is 6.74. The van der Waals surface area contributed by atoms with E-state index >= 15 is 0 Å². The number of carbonyl (C=O) groups excluding carboxylic acids is 1. The number of rotatable bonds is 6. The van der Waals surface area contributed by atoms with Crippen molar-refractivity contribution in [3.63, 3.8) is 0 Å². The first-order chi connectivity index (χ1) is 12.9. The van der Waals surface area contributed by atoms with Crippen molar-refractivity contribution in [1.29, 1.82) is 0 Å². The summed E-state index contributed by atoms with van der Waals surface area (Å²) < 4.78 is 11.0. The first kappa shape index (κ1) is 18.6. The van der Waals surface area contributed by atoms with Crippen LogP contribution < -0.4 is 10.1 Å². The molecule has 0 spiro atoms. The molecule has 6 nitrogen and oxygen atoms in total. The topological polar surface area (TPSA) is 77.2 Å². The summed E-state index contributed by atoms with van der Waals surface area (Å²) in [4.78, 5) is 16.6. The summed E-state index contributed by atoms with van der Waals surface area (Å²) in [5.74, 6) is 1.30. The highest BCUT2D eigenvalue weighted by molar-refractivity contribution is 5.80. The molecule has 27 heavy (non-hydrogen) atoms. The smallest absolute Gasteiger partial charge is 0.261 e. The Balaban J connectivity index is 1.57. The molecule has 1 atom stereocenters. The monoisotopic (exact) mass is 365 g/mol. The Morgan fingerprint density at radius 2 is 1.93 bits per heavy atom. The molecule has 0 saturated heterocycles. The molecular formula is C21H23N3O3. The van der Waals surface area contributed by atoms with Crippen LogP contribution in [0.1, 0.15) is 29.5 Å². The molecule has 6 heteroatoms. The van der Waals surface area contributed by atoms with Crippen LogP contribution in [0.25, 0.3) is 11.4 Å². The van der Waals surface area contributed by atoms with Gasteiger partial charge in [-0.1, -0.05) is 46.6 Å². The molecule has 0 aliphatic carbocycles. The lowest BCUT2D eigenvalue weighted by Crippen LogP contribution is -2.36. The maximum atomic E-state index is 12.3. The van der Waals surface area contributed by atoms with E-state index in [2.05, 4.69) is 15.5 Å². The van der Waals surface area contributed by atoms with Gasteiger partial charge in [0.15, 0.2) is 6.10 Å². The third kappa shape index (κ3) is 4.73. The van der Waals surface area contributed by atoms with E-state index in [1.54, 1.807) is 6.92 Å². The van der Waals surface area contributed by atoms with Gasteiger partial charge < -0.3 is 14.6 Å². The standard InChI is InChI=1S/C21H23N3O3/c1-13-6-5-7-17(11-13)20-23-19(27-24-20)12-22-21(25)16(4)26-18-9-8-14(2)10-15(18)3/h5-11,16H,12H2,1-4H3,(H,22,25). The zero-order chi connectivity index (χ0) is 19.4. The molecule has 2 aromatic carbocycles. The number of benzene rings is 2. The number of hydrogen-bond donors (Lipinski definition) is 1. The summed E-state index contributed by atoms with van der Waals surface area (Å²) in [6.07, 6.45) is -0.634. The van der Waals surface area contributed by atoms with Gasteiger partial charge in [0.2, 0.25) is 11.7 Å². The Morgan fingerprint density at radius 1 is 1.15 bits per heavy atom. The normalized spacial score (nSPS) is 11.9. The van der Waals surface area contributed by atoms with Gasteiger partial charge in [-0.3, -0.25) is 4.79 Å². The molecule has 1 amide bonds. The van der Waals surface area contributed by atoms with Crippen LogP contribution in [0.15, 0.2) is 47.0 Å². The van der Waals surface area contributed by atoms with E-state index in [4.69, 9.17) is 9.26 Å². The fourth-order valence-corrected chi connectivity index (χ4v) is 2.71. The van der Waals surface area contributed by atoms with Crippen LogP contribution in [-0.2, 0) is 11.3 Å². The van der Waals surface area contributed by atoms with E-state index < -0.39 is 6.10 Å². The van der Waals surface area contributed by atoms with Gasteiger partial charge in [-0.15, -0.1) is 0 Å². The van der Waals surface area contributed by atoms with E-state index in [1.165, 1.54) is 0 Å². The second-order valence-corrected chi connectivity index (χ2v) is 6.63. The fraction of sp³-hybridized carbons (Fsp3) is 0.286. The molecule has 3 rings (SSSR count). The number of hydrogen-bond acceptors (Lipinski definition) is 5. The molecule has 0 aliphatic rings. The van der Waals surface area contributed by atoms with E-state index in [0.717, 1.165) is 22.3 Å². The molecule has 1 N–H and O–H groups in total. The molecule has 0 saturated carbocycles. The molecular weight excluding hydrogens is 342 g/mol. The summed E-state index contributed by atoms with van der Waals surface area (Å²) in [5.41, 5.74) is 4.14. The largest absolute Gasteiger partial charge is 0.481 e. The van der Waals surface area contributed by atoms with Crippen LogP contribution in [0.2, 0.25) is 0 Å². The third-order valence-electron chi connectivity index (χ3n) is 4.16. The molecule has 0 fully saturated rings. The number of carbonyl (C=O) groups is 1. The minimum Gasteiger partial charge on any atom is -0.481 e. The Kier molecular flexibility index (Phi) is 5.54. The van der Waals surface area contributed by atoms with Gasteiger partial charge in [0.05, 0.1) is 6.54 Å². The molecule has 1 unspecified atom stereocenters. The molecule has 0 bridgehead atoms. The van der Waals surface area contributed by atoms with Crippen molar-refractivity contribution in [2.75, 3.05) is 0 Å². The predicted molar refractivity (Wildman–Crippen MR) is 102 cm³/mol. The van der Waals surface area contributed by atoms with E-state index in [1.807, 2.05) is 63.2 Å². The molecule has 0 radical (unpaired) electrons. The van der Waals surface area contributed by atoms with E-state index in [9.17, 15) is 4.79 Å². The summed E-state index contributed by atoms with van der Waals surface area (Å²) >= 11 is 0. The Hall–Kier alpha value is -3.15. The van der Waals surface area contributed by atoms with Crippen LogP contribution in [0.4, 0.5) is 0 Å². The highest BCUT2D eigenvalue weighted by Crippen LogP contribution is 2.20. The van der Waals surface area contributed by atoms with Gasteiger partial charge in [0, 0.05) is 5.56 Å². The maximum Gasteiger partial charge on any atom is 0.261 e. The third-order valence-corrected chi connectivity index (χ3v) is 4.16. The molecule has 0 aliphatic heterocycles. The number of amides is 1. The lowest BCUT2D eigenvalue weighted by atomic mass is 10.1. The van der Waals surface area contributed by atoms with Crippen molar-refractivity contribution in [3.8, 4) is 17.1 Å². The summed E-state index contributed by atoms with van der Waals surface area (Å²) in [6, 6.07) is 13.7. The SMILES string of the molecule is Cc1cccc(-c2noc(CNC(=O)C(C)Oc3ccc(C)cc3C)n2)c1. The van der Waals surface area contributed by atoms with Crippen molar-refractivity contribution in [2.45, 2.75) is 40.3 Å². The van der Waals surface area contributed by atoms with Crippen LogP contribution >= 0.6 is 0 Å². The maximum absolute atomic E-state index is 12.3. The minimum absolute atomic E-state index is 0.151. The second-order valence-electron chi connectivity index (χ2n) is 6.63. The molecule has 140 valence electrons. The number of nitrogens with zero attached hydrogens (tertiary/aromatic N) is 2. The van der Waals surface area contributed by atoms with Gasteiger partial charge in [0.25, 0.3) is 5.91 Å². The van der Waals surface area contributed by atoms with Crippen LogP contribution in [-0.4, -0.2) is 22.2 Å². The lowest BCUT2D eigenvalue weighted by Gasteiger charge is -2.16. The van der Waals surface area contributed by atoms with Gasteiger partial charge in [-0.05, 0) is 45.4 Å². The average molecular weight is 365 g/mol. The van der Waals surface area contributed by atoms with Crippen LogP contribution in [0.5, 0.6) is 5.75 Å².